The molecule has 20 heavy (non-hydrogen) atoms. The minimum absolute atomic E-state index is 0.0741. The predicted octanol–water partition coefficient (Wildman–Crippen LogP) is 5.34. The van der Waals surface area contributed by atoms with E-state index in [0.717, 1.165) is 18.9 Å². The third-order valence-corrected chi connectivity index (χ3v) is 3.69. The molecule has 0 radical (unpaired) electrons. The van der Waals surface area contributed by atoms with Crippen LogP contribution in [0, 0.1) is 23.0 Å². The Kier molecular flexibility index (Phi) is 5.96. The third kappa shape index (κ3) is 5.02. The van der Waals surface area contributed by atoms with E-state index in [1.807, 2.05) is 7.05 Å². The molecular formula is C16H24ClF2N. The quantitative estimate of drug-likeness (QED) is 0.724. The molecule has 0 saturated heterocycles. The Bertz CT molecular complexity index is 455. The van der Waals surface area contributed by atoms with Crippen LogP contribution in [-0.2, 0) is 0 Å². The molecule has 0 aliphatic rings. The van der Waals surface area contributed by atoms with Crippen molar-refractivity contribution in [3.05, 3.63) is 34.4 Å². The molecule has 1 aromatic rings. The maximum atomic E-state index is 13.4. The van der Waals surface area contributed by atoms with E-state index in [1.54, 1.807) is 0 Å². The molecule has 114 valence electrons. The van der Waals surface area contributed by atoms with Gasteiger partial charge in [0.25, 0.3) is 0 Å². The van der Waals surface area contributed by atoms with E-state index in [4.69, 9.17) is 11.6 Å². The second-order valence-corrected chi connectivity index (χ2v) is 7.14. The Morgan fingerprint density at radius 2 is 1.75 bits per heavy atom. The van der Waals surface area contributed by atoms with Crippen LogP contribution in [0.25, 0.3) is 0 Å². The van der Waals surface area contributed by atoms with Gasteiger partial charge in [-0.1, -0.05) is 39.3 Å². The molecule has 1 N–H and O–H groups in total. The molecule has 1 nitrogen and oxygen atoms in total. The van der Waals surface area contributed by atoms with Gasteiger partial charge in [-0.15, -0.1) is 0 Å². The van der Waals surface area contributed by atoms with Crippen molar-refractivity contribution in [2.75, 3.05) is 7.05 Å². The Morgan fingerprint density at radius 3 is 2.25 bits per heavy atom. The minimum atomic E-state index is -0.906. The summed E-state index contributed by atoms with van der Waals surface area (Å²) < 4.78 is 26.5. The van der Waals surface area contributed by atoms with Crippen LogP contribution in [0.2, 0.25) is 5.02 Å². The lowest BCUT2D eigenvalue weighted by atomic mass is 9.82. The molecule has 0 spiro atoms. The van der Waals surface area contributed by atoms with Crippen molar-refractivity contribution in [2.24, 2.45) is 11.3 Å². The molecule has 0 aliphatic carbocycles. The fraction of sp³-hybridized carbons (Fsp3) is 0.625. The predicted molar refractivity (Wildman–Crippen MR) is 81.0 cm³/mol. The summed E-state index contributed by atoms with van der Waals surface area (Å²) in [5.74, 6) is -1.30. The third-order valence-electron chi connectivity index (χ3n) is 3.36. The Hall–Kier alpha value is -0.670. The lowest BCUT2D eigenvalue weighted by Gasteiger charge is -2.27. The van der Waals surface area contributed by atoms with E-state index in [9.17, 15) is 8.78 Å². The van der Waals surface area contributed by atoms with Crippen molar-refractivity contribution >= 4 is 11.6 Å². The lowest BCUT2D eigenvalue weighted by Crippen LogP contribution is -2.22. The number of rotatable bonds is 5. The van der Waals surface area contributed by atoms with Gasteiger partial charge in [0.1, 0.15) is 0 Å². The molecule has 0 fully saturated rings. The van der Waals surface area contributed by atoms with E-state index in [1.165, 1.54) is 6.07 Å². The molecule has 0 saturated carbocycles. The summed E-state index contributed by atoms with van der Waals surface area (Å²) in [6.45, 7) is 8.76. The molecule has 0 heterocycles. The zero-order chi connectivity index (χ0) is 15.5. The summed E-state index contributed by atoms with van der Waals surface area (Å²) in [4.78, 5) is 0. The van der Waals surface area contributed by atoms with Crippen LogP contribution >= 0.6 is 11.6 Å². The highest BCUT2D eigenvalue weighted by molar-refractivity contribution is 6.31. The number of hydrogen-bond donors (Lipinski definition) is 1. The number of halogens is 3. The van der Waals surface area contributed by atoms with E-state index in [2.05, 4.69) is 33.0 Å². The molecule has 0 aromatic heterocycles. The normalized spacial score (nSPS) is 15.2. The van der Waals surface area contributed by atoms with E-state index >= 15 is 0 Å². The van der Waals surface area contributed by atoms with Crippen LogP contribution in [-0.4, -0.2) is 7.05 Å². The maximum absolute atomic E-state index is 13.4. The summed E-state index contributed by atoms with van der Waals surface area (Å²) in [5, 5.41) is 3.42. The van der Waals surface area contributed by atoms with Crippen LogP contribution in [0.3, 0.4) is 0 Å². The van der Waals surface area contributed by atoms with Crippen LogP contribution in [0.5, 0.6) is 0 Å². The number of nitrogens with one attached hydrogen (secondary N) is 1. The van der Waals surface area contributed by atoms with Gasteiger partial charge in [-0.2, -0.15) is 0 Å². The molecule has 0 aliphatic heterocycles. The fourth-order valence-electron chi connectivity index (χ4n) is 2.74. The van der Waals surface area contributed by atoms with Gasteiger partial charge in [-0.05, 0) is 48.9 Å². The van der Waals surface area contributed by atoms with Crippen molar-refractivity contribution in [3.63, 3.8) is 0 Å². The summed E-state index contributed by atoms with van der Waals surface area (Å²) in [6, 6.07) is 2.17. The molecule has 1 aromatic carbocycles. The second-order valence-electron chi connectivity index (χ2n) is 6.73. The largest absolute Gasteiger partial charge is 0.313 e. The monoisotopic (exact) mass is 303 g/mol. The summed E-state index contributed by atoms with van der Waals surface area (Å²) in [6.07, 6.45) is 1.89. The highest BCUT2D eigenvalue weighted by atomic mass is 35.5. The standard InChI is InChI=1S/C16H24ClF2N/c1-10(9-16(2,3)4)6-15(20-5)11-7-13(18)14(19)8-12(11)17/h7-8,10,15,20H,6,9H2,1-5H3. The smallest absolute Gasteiger partial charge is 0.160 e. The van der Waals surface area contributed by atoms with Gasteiger partial charge in [0.05, 0.1) is 0 Å². The molecular weight excluding hydrogens is 280 g/mol. The Labute approximate surface area is 125 Å². The molecule has 0 bridgehead atoms. The van der Waals surface area contributed by atoms with Crippen molar-refractivity contribution in [3.8, 4) is 0 Å². The molecule has 0 amide bonds. The SMILES string of the molecule is CNC(CC(C)CC(C)(C)C)c1cc(F)c(F)cc1Cl. The van der Waals surface area contributed by atoms with Crippen molar-refractivity contribution in [1.29, 1.82) is 0 Å². The highest BCUT2D eigenvalue weighted by Gasteiger charge is 2.22. The van der Waals surface area contributed by atoms with Gasteiger partial charge < -0.3 is 5.32 Å². The number of hydrogen-bond acceptors (Lipinski definition) is 1. The van der Waals surface area contributed by atoms with Gasteiger partial charge in [0.2, 0.25) is 0 Å². The van der Waals surface area contributed by atoms with E-state index < -0.39 is 11.6 Å². The minimum Gasteiger partial charge on any atom is -0.313 e. The Balaban J connectivity index is 2.89. The highest BCUT2D eigenvalue weighted by Crippen LogP contribution is 2.33. The zero-order valence-corrected chi connectivity index (χ0v) is 13.6. The summed E-state index contributed by atoms with van der Waals surface area (Å²) in [7, 11) is 1.81. The number of benzene rings is 1. The first kappa shape index (κ1) is 17.4. The van der Waals surface area contributed by atoms with Crippen molar-refractivity contribution in [1.82, 2.24) is 5.32 Å². The molecule has 4 heteroatoms. The molecule has 2 unspecified atom stereocenters. The summed E-state index contributed by atoms with van der Waals surface area (Å²) in [5.41, 5.74) is 0.865. The van der Waals surface area contributed by atoms with Gasteiger partial charge in [0, 0.05) is 11.1 Å². The zero-order valence-electron chi connectivity index (χ0n) is 12.9. The maximum Gasteiger partial charge on any atom is 0.160 e. The molecule has 2 atom stereocenters. The summed E-state index contributed by atoms with van der Waals surface area (Å²) >= 11 is 6.04. The average Bonchev–Trinajstić information content (AvgIpc) is 2.29. The van der Waals surface area contributed by atoms with Crippen molar-refractivity contribution < 1.29 is 8.78 Å². The van der Waals surface area contributed by atoms with Crippen LogP contribution in [0.4, 0.5) is 8.78 Å². The van der Waals surface area contributed by atoms with Crippen LogP contribution in [0.15, 0.2) is 12.1 Å². The Morgan fingerprint density at radius 1 is 1.20 bits per heavy atom. The van der Waals surface area contributed by atoms with Gasteiger partial charge in [0.15, 0.2) is 11.6 Å². The van der Waals surface area contributed by atoms with E-state index in [0.29, 0.717) is 11.5 Å². The van der Waals surface area contributed by atoms with Crippen molar-refractivity contribution in [2.45, 2.75) is 46.6 Å². The lowest BCUT2D eigenvalue weighted by molar-refractivity contribution is 0.278. The van der Waals surface area contributed by atoms with Crippen LogP contribution < -0.4 is 5.32 Å². The van der Waals surface area contributed by atoms with Crippen LogP contribution in [0.1, 0.15) is 52.1 Å². The fourth-order valence-corrected chi connectivity index (χ4v) is 3.02. The van der Waals surface area contributed by atoms with Gasteiger partial charge in [-0.25, -0.2) is 8.78 Å². The second kappa shape index (κ2) is 6.86. The first-order valence-electron chi connectivity index (χ1n) is 6.95. The average molecular weight is 304 g/mol. The van der Waals surface area contributed by atoms with Gasteiger partial charge >= 0.3 is 0 Å². The molecule has 1 rings (SSSR count). The van der Waals surface area contributed by atoms with Gasteiger partial charge in [-0.3, -0.25) is 0 Å². The first-order chi connectivity index (χ1) is 9.14. The first-order valence-corrected chi connectivity index (χ1v) is 7.33. The van der Waals surface area contributed by atoms with E-state index in [-0.39, 0.29) is 16.5 Å². The topological polar surface area (TPSA) is 12.0 Å².